The minimum Gasteiger partial charge on any atom is -0.392 e. The zero-order valence-corrected chi connectivity index (χ0v) is 11.9. The number of ketones is 1. The minimum atomic E-state index is -0.564. The zero-order valence-electron chi connectivity index (χ0n) is 11.9. The molecule has 0 radical (unpaired) electrons. The molecule has 0 bridgehead atoms. The van der Waals surface area contributed by atoms with Crippen molar-refractivity contribution in [1.29, 1.82) is 0 Å². The maximum absolute atomic E-state index is 11.7. The Morgan fingerprint density at radius 2 is 1.95 bits per heavy atom. The van der Waals surface area contributed by atoms with Gasteiger partial charge in [-0.15, -0.1) is 0 Å². The molecule has 0 fully saturated rings. The van der Waals surface area contributed by atoms with Gasteiger partial charge in [-0.05, 0) is 32.1 Å². The Morgan fingerprint density at radius 3 is 2.63 bits per heavy atom. The van der Waals surface area contributed by atoms with Crippen LogP contribution in [0.2, 0.25) is 0 Å². The Hall–Kier alpha value is -0.930. The summed E-state index contributed by atoms with van der Waals surface area (Å²) in [6, 6.07) is 0. The Morgan fingerprint density at radius 1 is 1.21 bits per heavy atom. The van der Waals surface area contributed by atoms with Crippen molar-refractivity contribution < 1.29 is 15.0 Å². The largest absolute Gasteiger partial charge is 0.392 e. The van der Waals surface area contributed by atoms with E-state index in [9.17, 15) is 15.0 Å². The van der Waals surface area contributed by atoms with Gasteiger partial charge in [0.2, 0.25) is 0 Å². The highest BCUT2D eigenvalue weighted by atomic mass is 16.3. The van der Waals surface area contributed by atoms with Crippen molar-refractivity contribution in [3.05, 3.63) is 23.3 Å². The smallest absolute Gasteiger partial charge is 0.163 e. The Balaban J connectivity index is 2.39. The van der Waals surface area contributed by atoms with Crippen LogP contribution in [0.4, 0.5) is 0 Å². The maximum Gasteiger partial charge on any atom is 0.163 e. The number of aliphatic hydroxyl groups excluding tert-OH is 2. The van der Waals surface area contributed by atoms with Crippen LogP contribution < -0.4 is 0 Å². The molecular formula is C16H26O3. The number of aliphatic hydroxyl groups is 2. The number of rotatable bonds is 8. The fourth-order valence-electron chi connectivity index (χ4n) is 2.47. The summed E-state index contributed by atoms with van der Waals surface area (Å²) in [6.45, 7) is 2.00. The second-order valence-electron chi connectivity index (χ2n) is 5.23. The van der Waals surface area contributed by atoms with E-state index in [2.05, 4.69) is 19.1 Å². The van der Waals surface area contributed by atoms with Gasteiger partial charge in [0.05, 0.1) is 12.7 Å². The van der Waals surface area contributed by atoms with Crippen LogP contribution in [0.1, 0.15) is 58.3 Å². The highest BCUT2D eigenvalue weighted by Gasteiger charge is 2.24. The van der Waals surface area contributed by atoms with Crippen molar-refractivity contribution >= 4 is 5.78 Å². The lowest BCUT2D eigenvalue weighted by Gasteiger charge is -2.22. The molecule has 1 aliphatic carbocycles. The first-order valence-electron chi connectivity index (χ1n) is 7.37. The summed E-state index contributed by atoms with van der Waals surface area (Å²) in [5.41, 5.74) is 1.47. The van der Waals surface area contributed by atoms with Gasteiger partial charge in [-0.1, -0.05) is 37.5 Å². The van der Waals surface area contributed by atoms with Gasteiger partial charge in [-0.25, -0.2) is 0 Å². The second kappa shape index (κ2) is 9.05. The van der Waals surface area contributed by atoms with E-state index in [4.69, 9.17) is 0 Å². The van der Waals surface area contributed by atoms with Crippen LogP contribution in [0.3, 0.4) is 0 Å². The zero-order chi connectivity index (χ0) is 14.1. The van der Waals surface area contributed by atoms with Gasteiger partial charge in [-0.3, -0.25) is 4.79 Å². The van der Waals surface area contributed by atoms with Gasteiger partial charge < -0.3 is 10.2 Å². The molecular weight excluding hydrogens is 240 g/mol. The maximum atomic E-state index is 11.7. The molecule has 0 heterocycles. The molecule has 1 aliphatic rings. The minimum absolute atomic E-state index is 0.0943. The van der Waals surface area contributed by atoms with Crippen LogP contribution in [-0.4, -0.2) is 28.7 Å². The third kappa shape index (κ3) is 5.70. The van der Waals surface area contributed by atoms with Gasteiger partial charge in [0.25, 0.3) is 0 Å². The van der Waals surface area contributed by atoms with Gasteiger partial charge in [0, 0.05) is 12.0 Å². The molecule has 0 spiro atoms. The predicted molar refractivity (Wildman–Crippen MR) is 76.9 cm³/mol. The van der Waals surface area contributed by atoms with Crippen molar-refractivity contribution in [3.8, 4) is 0 Å². The summed E-state index contributed by atoms with van der Waals surface area (Å²) in [5, 5.41) is 18.8. The Kier molecular flexibility index (Phi) is 7.68. The van der Waals surface area contributed by atoms with Crippen molar-refractivity contribution in [2.45, 2.75) is 64.4 Å². The van der Waals surface area contributed by atoms with Crippen molar-refractivity contribution in [3.63, 3.8) is 0 Å². The first-order chi connectivity index (χ1) is 9.19. The normalized spacial score (nSPS) is 20.6. The van der Waals surface area contributed by atoms with E-state index in [-0.39, 0.29) is 18.8 Å². The summed E-state index contributed by atoms with van der Waals surface area (Å²) in [6.07, 6.45) is 11.0. The summed E-state index contributed by atoms with van der Waals surface area (Å²) in [4.78, 5) is 11.7. The van der Waals surface area contributed by atoms with Crippen LogP contribution in [0.15, 0.2) is 23.3 Å². The lowest BCUT2D eigenvalue weighted by Crippen LogP contribution is -2.24. The summed E-state index contributed by atoms with van der Waals surface area (Å²) < 4.78 is 0. The van der Waals surface area contributed by atoms with Crippen LogP contribution in [-0.2, 0) is 4.79 Å². The number of hydrogen-bond acceptors (Lipinski definition) is 3. The van der Waals surface area contributed by atoms with Crippen molar-refractivity contribution in [1.82, 2.24) is 0 Å². The highest BCUT2D eigenvalue weighted by Crippen LogP contribution is 2.26. The number of hydrogen-bond donors (Lipinski definition) is 2. The monoisotopic (exact) mass is 266 g/mol. The topological polar surface area (TPSA) is 57.5 Å². The number of unbranched alkanes of at least 4 members (excludes halogenated alkanes) is 3. The van der Waals surface area contributed by atoms with Gasteiger partial charge in [0.15, 0.2) is 5.78 Å². The van der Waals surface area contributed by atoms with Crippen LogP contribution >= 0.6 is 0 Å². The van der Waals surface area contributed by atoms with E-state index < -0.39 is 6.10 Å². The van der Waals surface area contributed by atoms with E-state index in [1.165, 1.54) is 19.3 Å². The van der Waals surface area contributed by atoms with Gasteiger partial charge in [0.1, 0.15) is 0 Å². The first kappa shape index (κ1) is 16.1. The van der Waals surface area contributed by atoms with Crippen molar-refractivity contribution in [2.24, 2.45) is 0 Å². The average molecular weight is 266 g/mol. The summed E-state index contributed by atoms with van der Waals surface area (Å²) in [5.74, 6) is -0.0943. The number of Topliss-reactive ketones (excluding diaryl/α,β-unsaturated/α-hetero) is 1. The molecule has 0 aromatic carbocycles. The molecule has 0 saturated heterocycles. The number of carbonyl (C=O) groups is 1. The molecule has 0 aromatic rings. The standard InChI is InChI=1S/C16H26O3/c1-2-3-4-5-6-7-8-9-13-10-14(18)11-16(19)15(13)12-17/h6-7,14,17-18H,2-5,8-12H2,1H3/b7-6+/t14-/m1/s1. The molecule has 0 unspecified atom stereocenters. The fraction of sp³-hybridized carbons (Fsp3) is 0.688. The first-order valence-corrected chi connectivity index (χ1v) is 7.37. The molecule has 2 N–H and O–H groups in total. The molecule has 0 aromatic heterocycles. The van der Waals surface area contributed by atoms with Crippen LogP contribution in [0, 0.1) is 0 Å². The van der Waals surface area contributed by atoms with E-state index in [0.717, 1.165) is 24.8 Å². The third-order valence-corrected chi connectivity index (χ3v) is 3.58. The molecule has 3 nitrogen and oxygen atoms in total. The van der Waals surface area contributed by atoms with E-state index in [1.54, 1.807) is 0 Å². The molecule has 3 heteroatoms. The van der Waals surface area contributed by atoms with E-state index in [0.29, 0.717) is 12.0 Å². The van der Waals surface area contributed by atoms with Crippen molar-refractivity contribution in [2.75, 3.05) is 6.61 Å². The third-order valence-electron chi connectivity index (χ3n) is 3.58. The Bertz CT molecular complexity index is 342. The average Bonchev–Trinajstić information content (AvgIpc) is 2.37. The molecule has 0 amide bonds. The fourth-order valence-corrected chi connectivity index (χ4v) is 2.47. The predicted octanol–water partition coefficient (Wildman–Crippen LogP) is 2.92. The lowest BCUT2D eigenvalue weighted by atomic mass is 9.86. The summed E-state index contributed by atoms with van der Waals surface area (Å²) in [7, 11) is 0. The van der Waals surface area contributed by atoms with E-state index >= 15 is 0 Å². The lowest BCUT2D eigenvalue weighted by molar-refractivity contribution is -0.118. The molecule has 0 aliphatic heterocycles. The van der Waals surface area contributed by atoms with E-state index in [1.807, 2.05) is 0 Å². The number of carbonyl (C=O) groups excluding carboxylic acids is 1. The van der Waals surface area contributed by atoms with Gasteiger partial charge in [-0.2, -0.15) is 0 Å². The van der Waals surface area contributed by atoms with Crippen LogP contribution in [0.5, 0.6) is 0 Å². The molecule has 1 rings (SSSR count). The Labute approximate surface area is 116 Å². The molecule has 19 heavy (non-hydrogen) atoms. The second-order valence-corrected chi connectivity index (χ2v) is 5.23. The summed E-state index contributed by atoms with van der Waals surface area (Å²) >= 11 is 0. The SMILES string of the molecule is CCCCC/C=C/CCC1=C(CO)C(=O)C[C@H](O)C1. The number of allylic oxidation sites excluding steroid dienone is 2. The molecule has 0 saturated carbocycles. The van der Waals surface area contributed by atoms with Gasteiger partial charge >= 0.3 is 0 Å². The highest BCUT2D eigenvalue weighted by molar-refractivity contribution is 5.97. The molecule has 1 atom stereocenters. The van der Waals surface area contributed by atoms with Crippen LogP contribution in [0.25, 0.3) is 0 Å². The molecule has 108 valence electrons. The quantitative estimate of drug-likeness (QED) is 0.524.